The monoisotopic (exact) mass is 450 g/mol. The van der Waals surface area contributed by atoms with Crippen molar-refractivity contribution < 1.29 is 18.7 Å². The highest BCUT2D eigenvalue weighted by Gasteiger charge is 2.42. The van der Waals surface area contributed by atoms with Crippen LogP contribution in [0.3, 0.4) is 0 Å². The molecule has 8 heteroatoms. The number of fused-ring (bicyclic) bond motifs is 3. The Morgan fingerprint density at radius 2 is 2.06 bits per heavy atom. The predicted octanol–water partition coefficient (Wildman–Crippen LogP) is 3.31. The van der Waals surface area contributed by atoms with E-state index in [0.29, 0.717) is 41.7 Å². The maximum Gasteiger partial charge on any atom is 0.287 e. The summed E-state index contributed by atoms with van der Waals surface area (Å²) in [6, 6.07) is 11.9. The molecule has 33 heavy (non-hydrogen) atoms. The molecule has 1 N–H and O–H groups in total. The van der Waals surface area contributed by atoms with Crippen LogP contribution < -0.4 is 14.8 Å². The van der Waals surface area contributed by atoms with Gasteiger partial charge < -0.3 is 19.2 Å². The molecule has 3 fully saturated rings. The van der Waals surface area contributed by atoms with Crippen molar-refractivity contribution in [1.82, 2.24) is 20.0 Å². The smallest absolute Gasteiger partial charge is 0.287 e. The number of hydrogen-bond acceptors (Lipinski definition) is 6. The van der Waals surface area contributed by atoms with Crippen LogP contribution in [0.4, 0.5) is 0 Å². The van der Waals surface area contributed by atoms with Crippen molar-refractivity contribution in [1.29, 1.82) is 0 Å². The normalized spacial score (nSPS) is 24.0. The maximum absolute atomic E-state index is 12.3. The summed E-state index contributed by atoms with van der Waals surface area (Å²) in [5, 5.41) is 7.85. The van der Waals surface area contributed by atoms with Crippen molar-refractivity contribution in [2.45, 2.75) is 24.8 Å². The van der Waals surface area contributed by atoms with E-state index in [1.165, 1.54) is 18.4 Å². The van der Waals surface area contributed by atoms with Crippen LogP contribution in [0, 0.1) is 5.92 Å². The van der Waals surface area contributed by atoms with Gasteiger partial charge in [-0.1, -0.05) is 0 Å². The van der Waals surface area contributed by atoms with Gasteiger partial charge in [-0.2, -0.15) is 5.10 Å². The molecule has 3 aliphatic heterocycles. The van der Waals surface area contributed by atoms with Crippen LogP contribution in [-0.2, 0) is 7.05 Å². The second kappa shape index (κ2) is 8.94. The van der Waals surface area contributed by atoms with Crippen molar-refractivity contribution in [3.8, 4) is 22.8 Å². The number of methoxy groups -OCH3 is 2. The number of nitrogens with one attached hydrogen (secondary N) is 1. The third kappa shape index (κ3) is 4.11. The Balaban J connectivity index is 1.29. The zero-order valence-electron chi connectivity index (χ0n) is 19.3. The van der Waals surface area contributed by atoms with E-state index < -0.39 is 0 Å². The highest BCUT2D eigenvalue weighted by atomic mass is 16.5. The first kappa shape index (κ1) is 21.6. The Morgan fingerprint density at radius 1 is 1.21 bits per heavy atom. The average molecular weight is 451 g/mol. The summed E-state index contributed by atoms with van der Waals surface area (Å²) < 4.78 is 18.0. The average Bonchev–Trinajstić information content (AvgIpc) is 3.52. The van der Waals surface area contributed by atoms with E-state index in [1.54, 1.807) is 26.4 Å². The van der Waals surface area contributed by atoms with E-state index in [2.05, 4.69) is 16.3 Å². The van der Waals surface area contributed by atoms with Gasteiger partial charge in [-0.15, -0.1) is 0 Å². The summed E-state index contributed by atoms with van der Waals surface area (Å²) in [5.41, 5.74) is 3.20. The Hall–Kier alpha value is -3.26. The fourth-order valence-electron chi connectivity index (χ4n) is 5.36. The lowest BCUT2D eigenvalue weighted by Gasteiger charge is -2.49. The third-order valence-electron chi connectivity index (χ3n) is 7.10. The van der Waals surface area contributed by atoms with Gasteiger partial charge in [0.25, 0.3) is 5.91 Å². The molecule has 3 aromatic rings. The van der Waals surface area contributed by atoms with Crippen LogP contribution in [0.15, 0.2) is 47.1 Å². The lowest BCUT2D eigenvalue weighted by molar-refractivity contribution is 0.0278. The summed E-state index contributed by atoms with van der Waals surface area (Å²) in [4.78, 5) is 14.8. The number of furan rings is 1. The summed E-state index contributed by atoms with van der Waals surface area (Å²) in [7, 11) is 5.31. The molecule has 3 aliphatic rings. The molecular weight excluding hydrogens is 420 g/mol. The molecule has 2 bridgehead atoms. The van der Waals surface area contributed by atoms with Gasteiger partial charge in [0.15, 0.2) is 17.3 Å². The standard InChI is InChI=1S/C25H30N4O4/c1-28-21(13-20(27-28)17-6-7-22(31-2)24(12-17)32-3)19-15-29-9-8-16(19)11-18(29)14-26-25(30)23-5-4-10-33-23/h4-7,10,12-13,16,18-19H,8-9,11,14-15H2,1-3H3,(H,26,30). The summed E-state index contributed by atoms with van der Waals surface area (Å²) in [6.07, 6.45) is 3.76. The first-order valence-electron chi connectivity index (χ1n) is 11.4. The van der Waals surface area contributed by atoms with E-state index in [-0.39, 0.29) is 5.91 Å². The van der Waals surface area contributed by atoms with Gasteiger partial charge in [0, 0.05) is 43.4 Å². The number of piperidine rings is 3. The van der Waals surface area contributed by atoms with Crippen molar-refractivity contribution in [3.63, 3.8) is 0 Å². The van der Waals surface area contributed by atoms with Gasteiger partial charge in [-0.25, -0.2) is 0 Å². The molecule has 2 aromatic heterocycles. The summed E-state index contributed by atoms with van der Waals surface area (Å²) in [5.74, 6) is 2.63. The van der Waals surface area contributed by atoms with Gasteiger partial charge in [0.1, 0.15) is 0 Å². The van der Waals surface area contributed by atoms with Crippen molar-refractivity contribution in [3.05, 3.63) is 54.1 Å². The molecule has 5 heterocycles. The molecule has 6 rings (SSSR count). The first-order chi connectivity index (χ1) is 16.1. The zero-order chi connectivity index (χ0) is 22.9. The van der Waals surface area contributed by atoms with Crippen LogP contribution in [0.2, 0.25) is 0 Å². The second-order valence-electron chi connectivity index (χ2n) is 8.87. The molecule has 8 nitrogen and oxygen atoms in total. The minimum atomic E-state index is -0.148. The van der Waals surface area contributed by atoms with Crippen LogP contribution >= 0.6 is 0 Å². The Bertz CT molecular complexity index is 1120. The molecule has 0 spiro atoms. The number of aromatic nitrogens is 2. The number of nitrogens with zero attached hydrogens (tertiary/aromatic N) is 3. The number of aryl methyl sites for hydroxylation is 1. The van der Waals surface area contributed by atoms with Gasteiger partial charge >= 0.3 is 0 Å². The lowest BCUT2D eigenvalue weighted by atomic mass is 9.74. The number of carbonyl (C=O) groups is 1. The third-order valence-corrected chi connectivity index (χ3v) is 7.10. The number of ether oxygens (including phenoxy) is 2. The van der Waals surface area contributed by atoms with Crippen LogP contribution in [-0.4, -0.2) is 60.5 Å². The fraction of sp³-hybridized carbons (Fsp3) is 0.440. The number of rotatable bonds is 7. The van der Waals surface area contributed by atoms with E-state index in [4.69, 9.17) is 19.0 Å². The van der Waals surface area contributed by atoms with E-state index >= 15 is 0 Å². The quantitative estimate of drug-likeness (QED) is 0.595. The highest BCUT2D eigenvalue weighted by Crippen LogP contribution is 2.42. The Labute approximate surface area is 193 Å². The molecule has 1 aromatic carbocycles. The Morgan fingerprint density at radius 3 is 2.76 bits per heavy atom. The van der Waals surface area contributed by atoms with Crippen molar-refractivity contribution >= 4 is 5.91 Å². The summed E-state index contributed by atoms with van der Waals surface area (Å²) in [6.45, 7) is 2.70. The topological polar surface area (TPSA) is 81.8 Å². The first-order valence-corrected chi connectivity index (χ1v) is 11.4. The molecule has 0 radical (unpaired) electrons. The number of hydrogen-bond donors (Lipinski definition) is 1. The van der Waals surface area contributed by atoms with Gasteiger partial charge in [-0.3, -0.25) is 14.4 Å². The number of carbonyl (C=O) groups excluding carboxylic acids is 1. The molecule has 0 saturated carbocycles. The largest absolute Gasteiger partial charge is 0.493 e. The number of amides is 1. The van der Waals surface area contributed by atoms with Crippen LogP contribution in [0.1, 0.15) is 35.0 Å². The zero-order valence-corrected chi connectivity index (χ0v) is 19.3. The molecular formula is C25H30N4O4. The molecule has 1 amide bonds. The molecule has 4 unspecified atom stereocenters. The molecule has 3 saturated heterocycles. The van der Waals surface area contributed by atoms with Gasteiger partial charge in [0.05, 0.1) is 26.2 Å². The fourth-order valence-corrected chi connectivity index (χ4v) is 5.36. The second-order valence-corrected chi connectivity index (χ2v) is 8.87. The SMILES string of the molecule is COc1ccc(-c2cc(C3CN4CCC3CC4CNC(=O)c3ccco3)n(C)n2)cc1OC. The minimum absolute atomic E-state index is 0.148. The highest BCUT2D eigenvalue weighted by molar-refractivity contribution is 5.91. The van der Waals surface area contributed by atoms with E-state index in [1.807, 2.05) is 29.9 Å². The lowest BCUT2D eigenvalue weighted by Crippen LogP contribution is -2.56. The van der Waals surface area contributed by atoms with E-state index in [9.17, 15) is 4.79 Å². The summed E-state index contributed by atoms with van der Waals surface area (Å²) >= 11 is 0. The number of benzene rings is 1. The predicted molar refractivity (Wildman–Crippen MR) is 124 cm³/mol. The van der Waals surface area contributed by atoms with Crippen LogP contribution in [0.25, 0.3) is 11.3 Å². The van der Waals surface area contributed by atoms with Gasteiger partial charge in [0.2, 0.25) is 0 Å². The maximum atomic E-state index is 12.3. The molecule has 4 atom stereocenters. The molecule has 174 valence electrons. The van der Waals surface area contributed by atoms with Gasteiger partial charge in [-0.05, 0) is 61.7 Å². The van der Waals surface area contributed by atoms with Crippen LogP contribution in [0.5, 0.6) is 11.5 Å². The Kier molecular flexibility index (Phi) is 5.85. The molecule has 0 aliphatic carbocycles. The minimum Gasteiger partial charge on any atom is -0.493 e. The van der Waals surface area contributed by atoms with E-state index in [0.717, 1.165) is 30.8 Å². The van der Waals surface area contributed by atoms with Crippen molar-refractivity contribution in [2.75, 3.05) is 33.9 Å². The van der Waals surface area contributed by atoms with Crippen molar-refractivity contribution in [2.24, 2.45) is 13.0 Å².